The lowest BCUT2D eigenvalue weighted by molar-refractivity contribution is -0.149. The normalized spacial score (nSPS) is 11.7. The summed E-state index contributed by atoms with van der Waals surface area (Å²) in [6.45, 7) is 9.08. The first-order chi connectivity index (χ1) is 9.20. The Morgan fingerprint density at radius 3 is 2.40 bits per heavy atom. The molecular weight excluding hydrogens is 260 g/mol. The number of amides is 1. The summed E-state index contributed by atoms with van der Waals surface area (Å²) < 4.78 is 0. The summed E-state index contributed by atoms with van der Waals surface area (Å²) in [5.41, 5.74) is 1.04. The summed E-state index contributed by atoms with van der Waals surface area (Å²) in [4.78, 5) is 24.9. The Hall–Kier alpha value is -1.89. The molecule has 0 atom stereocenters. The molecular formula is C13H22N4O3. The summed E-state index contributed by atoms with van der Waals surface area (Å²) >= 11 is 0. The van der Waals surface area contributed by atoms with Crippen molar-refractivity contribution in [1.29, 1.82) is 0 Å². The highest BCUT2D eigenvalue weighted by molar-refractivity contribution is 5.93. The topological polar surface area (TPSA) is 98.3 Å². The molecule has 1 heterocycles. The molecule has 7 nitrogen and oxygen atoms in total. The van der Waals surface area contributed by atoms with Crippen LogP contribution in [0.2, 0.25) is 0 Å². The van der Waals surface area contributed by atoms with E-state index in [1.165, 1.54) is 0 Å². The van der Waals surface area contributed by atoms with E-state index in [4.69, 9.17) is 0 Å². The molecule has 1 aromatic heterocycles. The molecule has 7 heteroatoms. The Kier molecular flexibility index (Phi) is 4.88. The van der Waals surface area contributed by atoms with Gasteiger partial charge in [-0.3, -0.25) is 19.6 Å². The zero-order chi connectivity index (χ0) is 15.5. The molecule has 0 radical (unpaired) electrons. The van der Waals surface area contributed by atoms with Crippen molar-refractivity contribution in [1.82, 2.24) is 15.1 Å². The van der Waals surface area contributed by atoms with Crippen LogP contribution in [0.3, 0.4) is 0 Å². The molecule has 0 aromatic carbocycles. The summed E-state index contributed by atoms with van der Waals surface area (Å²) in [7, 11) is 0. The largest absolute Gasteiger partial charge is 0.480 e. The molecule has 0 saturated heterocycles. The Morgan fingerprint density at radius 1 is 1.40 bits per heavy atom. The van der Waals surface area contributed by atoms with Crippen molar-refractivity contribution in [3.63, 3.8) is 0 Å². The molecule has 3 N–H and O–H groups in total. The number of H-pyrrole nitrogens is 1. The van der Waals surface area contributed by atoms with Crippen LogP contribution in [0.15, 0.2) is 0 Å². The number of hydrogen-bond donors (Lipinski definition) is 3. The Balaban J connectivity index is 2.77. The second kappa shape index (κ2) is 6.04. The van der Waals surface area contributed by atoms with Gasteiger partial charge in [-0.2, -0.15) is 5.10 Å². The molecule has 20 heavy (non-hydrogen) atoms. The number of likely N-dealkylation sites (N-methyl/N-ethyl adjacent to an activating group) is 1. The van der Waals surface area contributed by atoms with Gasteiger partial charge in [0, 0.05) is 0 Å². The van der Waals surface area contributed by atoms with Crippen LogP contribution >= 0.6 is 0 Å². The van der Waals surface area contributed by atoms with Gasteiger partial charge in [-0.25, -0.2) is 0 Å². The average molecular weight is 282 g/mol. The Morgan fingerprint density at radius 2 is 2.00 bits per heavy atom. The maximum atomic E-state index is 12.1. The molecule has 0 aliphatic rings. The van der Waals surface area contributed by atoms with Crippen LogP contribution in [0.4, 0.5) is 5.69 Å². The number of aromatic nitrogens is 2. The molecule has 0 spiro atoms. The van der Waals surface area contributed by atoms with E-state index in [2.05, 4.69) is 15.5 Å². The predicted molar refractivity (Wildman–Crippen MR) is 75.7 cm³/mol. The number of carbonyl (C=O) groups is 2. The van der Waals surface area contributed by atoms with E-state index >= 15 is 0 Å². The van der Waals surface area contributed by atoms with Gasteiger partial charge in [0.2, 0.25) is 5.91 Å². The zero-order valence-corrected chi connectivity index (χ0v) is 12.6. The first-order valence-electron chi connectivity index (χ1n) is 6.50. The monoisotopic (exact) mass is 282 g/mol. The fourth-order valence-electron chi connectivity index (χ4n) is 1.93. The van der Waals surface area contributed by atoms with E-state index in [1.54, 1.807) is 25.7 Å². The lowest BCUT2D eigenvalue weighted by Gasteiger charge is -2.33. The number of rotatable bonds is 6. The highest BCUT2D eigenvalue weighted by atomic mass is 16.4. The number of aromatic amines is 1. The number of carboxylic acids is 1. The number of nitrogens with one attached hydrogen (secondary N) is 2. The maximum Gasteiger partial charge on any atom is 0.323 e. The van der Waals surface area contributed by atoms with Crippen LogP contribution in [0, 0.1) is 13.8 Å². The molecule has 1 amide bonds. The first-order valence-corrected chi connectivity index (χ1v) is 6.50. The van der Waals surface area contributed by atoms with Crippen molar-refractivity contribution in [2.45, 2.75) is 40.2 Å². The fraction of sp³-hybridized carbons (Fsp3) is 0.615. The van der Waals surface area contributed by atoms with Crippen molar-refractivity contribution in [2.24, 2.45) is 0 Å². The van der Waals surface area contributed by atoms with E-state index < -0.39 is 11.5 Å². The summed E-state index contributed by atoms with van der Waals surface area (Å²) in [6.07, 6.45) is 0. The number of anilines is 1. The second-order valence-corrected chi connectivity index (χ2v) is 5.24. The minimum atomic E-state index is -1.09. The highest BCUT2D eigenvalue weighted by Gasteiger charge is 2.34. The van der Waals surface area contributed by atoms with Crippen LogP contribution < -0.4 is 5.32 Å². The third-order valence-electron chi connectivity index (χ3n) is 3.42. The van der Waals surface area contributed by atoms with Crippen LogP contribution in [-0.2, 0) is 9.59 Å². The number of hydrogen-bond acceptors (Lipinski definition) is 4. The van der Waals surface area contributed by atoms with Gasteiger partial charge in [-0.05, 0) is 34.2 Å². The van der Waals surface area contributed by atoms with Gasteiger partial charge in [0.15, 0.2) is 0 Å². The molecule has 1 aromatic rings. The average Bonchev–Trinajstić information content (AvgIpc) is 2.67. The molecule has 0 bridgehead atoms. The van der Waals surface area contributed by atoms with Crippen LogP contribution in [-0.4, -0.2) is 50.7 Å². The first kappa shape index (κ1) is 16.2. The third kappa shape index (κ3) is 3.36. The molecule has 0 aliphatic heterocycles. The van der Waals surface area contributed by atoms with Gasteiger partial charge in [0.1, 0.15) is 5.54 Å². The SMILES string of the molecule is CCN(CC(=O)Nc1c(C)n[nH]c1C)C(C)(C)C(=O)O. The lowest BCUT2D eigenvalue weighted by atomic mass is 10.0. The maximum absolute atomic E-state index is 12.1. The smallest absolute Gasteiger partial charge is 0.323 e. The van der Waals surface area contributed by atoms with E-state index in [0.29, 0.717) is 17.9 Å². The molecule has 0 fully saturated rings. The van der Waals surface area contributed by atoms with E-state index in [0.717, 1.165) is 5.69 Å². The van der Waals surface area contributed by atoms with Gasteiger partial charge in [0.05, 0.1) is 23.6 Å². The van der Waals surface area contributed by atoms with Crippen molar-refractivity contribution >= 4 is 17.6 Å². The van der Waals surface area contributed by atoms with E-state index in [-0.39, 0.29) is 12.5 Å². The fourth-order valence-corrected chi connectivity index (χ4v) is 1.93. The number of carboxylic acid groups (broad SMARTS) is 1. The minimum Gasteiger partial charge on any atom is -0.480 e. The quantitative estimate of drug-likeness (QED) is 0.727. The third-order valence-corrected chi connectivity index (χ3v) is 3.42. The van der Waals surface area contributed by atoms with Gasteiger partial charge < -0.3 is 10.4 Å². The Bertz CT molecular complexity index is 488. The molecule has 0 saturated carbocycles. The van der Waals surface area contributed by atoms with Crippen LogP contribution in [0.5, 0.6) is 0 Å². The Labute approximate surface area is 118 Å². The standard InChI is InChI=1S/C13H22N4O3/c1-6-17(13(4,5)12(19)20)7-10(18)14-11-8(2)15-16-9(11)3/h6-7H2,1-5H3,(H,14,18)(H,15,16)(H,19,20). The van der Waals surface area contributed by atoms with E-state index in [9.17, 15) is 14.7 Å². The number of carbonyl (C=O) groups excluding carboxylic acids is 1. The number of nitrogens with zero attached hydrogens (tertiary/aromatic N) is 2. The second-order valence-electron chi connectivity index (χ2n) is 5.24. The van der Waals surface area contributed by atoms with Crippen molar-refractivity contribution in [3.8, 4) is 0 Å². The van der Waals surface area contributed by atoms with E-state index in [1.807, 2.05) is 13.8 Å². The predicted octanol–water partition coefficient (Wildman–Crippen LogP) is 1.15. The molecule has 0 unspecified atom stereocenters. The minimum absolute atomic E-state index is 0.0137. The van der Waals surface area contributed by atoms with Gasteiger partial charge in [-0.15, -0.1) is 0 Å². The number of aliphatic carboxylic acids is 1. The molecule has 1 rings (SSSR count). The van der Waals surface area contributed by atoms with Gasteiger partial charge in [0.25, 0.3) is 0 Å². The summed E-state index contributed by atoms with van der Waals surface area (Å²) in [6, 6.07) is 0. The summed E-state index contributed by atoms with van der Waals surface area (Å²) in [5, 5.41) is 18.8. The van der Waals surface area contributed by atoms with Crippen molar-refractivity contribution < 1.29 is 14.7 Å². The molecule has 112 valence electrons. The zero-order valence-electron chi connectivity index (χ0n) is 12.6. The summed E-state index contributed by atoms with van der Waals surface area (Å²) in [5.74, 6) is -1.21. The van der Waals surface area contributed by atoms with Gasteiger partial charge in [-0.1, -0.05) is 6.92 Å². The van der Waals surface area contributed by atoms with Crippen molar-refractivity contribution in [3.05, 3.63) is 11.4 Å². The van der Waals surface area contributed by atoms with Crippen LogP contribution in [0.25, 0.3) is 0 Å². The highest BCUT2D eigenvalue weighted by Crippen LogP contribution is 2.17. The van der Waals surface area contributed by atoms with Crippen LogP contribution in [0.1, 0.15) is 32.2 Å². The van der Waals surface area contributed by atoms with Gasteiger partial charge >= 0.3 is 5.97 Å². The number of aryl methyl sites for hydroxylation is 2. The molecule has 0 aliphatic carbocycles. The lowest BCUT2D eigenvalue weighted by Crippen LogP contribution is -2.52. The van der Waals surface area contributed by atoms with Crippen molar-refractivity contribution in [2.75, 3.05) is 18.4 Å².